The minimum Gasteiger partial charge on any atom is -0.497 e. The molecule has 3 nitrogen and oxygen atoms in total. The topological polar surface area (TPSA) is 46.5 Å². The number of rotatable bonds is 3. The first-order valence-electron chi connectivity index (χ1n) is 6.13. The normalized spacial score (nSPS) is 9.50. The Bertz CT molecular complexity index is 643. The van der Waals surface area contributed by atoms with Gasteiger partial charge in [0.25, 0.3) is 0 Å². The monoisotopic (exact) mass is 266 g/mol. The number of Topliss-reactive ketones (excluding diaryl/α,β-unsaturated/α-hetero) is 1. The maximum atomic E-state index is 11.9. The molecule has 0 aliphatic heterocycles. The molecule has 2 aromatic rings. The van der Waals surface area contributed by atoms with Crippen molar-refractivity contribution < 1.29 is 14.6 Å². The summed E-state index contributed by atoms with van der Waals surface area (Å²) in [5.74, 6) is 5.92. The Balaban J connectivity index is 2.12. The fourth-order valence-electron chi connectivity index (χ4n) is 1.64. The Labute approximate surface area is 117 Å². The molecule has 2 aromatic carbocycles. The van der Waals surface area contributed by atoms with Gasteiger partial charge in [-0.25, -0.2) is 0 Å². The molecule has 0 saturated heterocycles. The SMILES string of the molecule is COc1ccc(C#CC(=O)c2ccc(CO)cc2)cc1. The van der Waals surface area contributed by atoms with Crippen LogP contribution in [0.5, 0.6) is 5.75 Å². The first-order valence-corrected chi connectivity index (χ1v) is 6.13. The van der Waals surface area contributed by atoms with Gasteiger partial charge >= 0.3 is 0 Å². The van der Waals surface area contributed by atoms with Crippen LogP contribution in [-0.4, -0.2) is 18.0 Å². The highest BCUT2D eigenvalue weighted by molar-refractivity contribution is 6.09. The molecule has 0 unspecified atom stereocenters. The summed E-state index contributed by atoms with van der Waals surface area (Å²) in [5, 5.41) is 8.94. The van der Waals surface area contributed by atoms with E-state index in [2.05, 4.69) is 11.8 Å². The number of ether oxygens (including phenoxy) is 1. The van der Waals surface area contributed by atoms with Crippen LogP contribution in [0.15, 0.2) is 48.5 Å². The summed E-state index contributed by atoms with van der Waals surface area (Å²) in [6, 6.07) is 13.9. The van der Waals surface area contributed by atoms with Crippen molar-refractivity contribution in [2.24, 2.45) is 0 Å². The summed E-state index contributed by atoms with van der Waals surface area (Å²) in [5.41, 5.74) is 2.04. The average molecular weight is 266 g/mol. The first-order chi connectivity index (χ1) is 9.72. The molecule has 0 aromatic heterocycles. The molecular weight excluding hydrogens is 252 g/mol. The number of carbonyl (C=O) groups is 1. The van der Waals surface area contributed by atoms with Crippen LogP contribution in [0, 0.1) is 11.8 Å². The Kier molecular flexibility index (Phi) is 4.54. The Morgan fingerprint density at radius 2 is 1.75 bits per heavy atom. The maximum Gasteiger partial charge on any atom is 0.236 e. The molecule has 0 radical (unpaired) electrons. The van der Waals surface area contributed by atoms with Gasteiger partial charge in [-0.05, 0) is 35.7 Å². The minimum atomic E-state index is -0.245. The van der Waals surface area contributed by atoms with E-state index in [1.54, 1.807) is 55.6 Å². The molecule has 3 heteroatoms. The summed E-state index contributed by atoms with van der Waals surface area (Å²) in [6.07, 6.45) is 0. The molecule has 0 aliphatic carbocycles. The molecular formula is C17H14O3. The molecule has 0 amide bonds. The number of hydrogen-bond donors (Lipinski definition) is 1. The van der Waals surface area contributed by atoms with E-state index < -0.39 is 0 Å². The van der Waals surface area contributed by atoms with E-state index in [9.17, 15) is 4.79 Å². The Hall–Kier alpha value is -2.57. The average Bonchev–Trinajstić information content (AvgIpc) is 2.53. The second-order valence-electron chi connectivity index (χ2n) is 4.16. The highest BCUT2D eigenvalue weighted by Crippen LogP contribution is 2.10. The highest BCUT2D eigenvalue weighted by Gasteiger charge is 2.01. The molecule has 0 saturated carbocycles. The minimum absolute atomic E-state index is 0.0357. The maximum absolute atomic E-state index is 11.9. The van der Waals surface area contributed by atoms with Crippen molar-refractivity contribution in [3.8, 4) is 17.6 Å². The zero-order valence-electron chi connectivity index (χ0n) is 11.1. The molecule has 0 atom stereocenters. The van der Waals surface area contributed by atoms with Crippen molar-refractivity contribution in [3.63, 3.8) is 0 Å². The smallest absolute Gasteiger partial charge is 0.236 e. The van der Waals surface area contributed by atoms with Crippen molar-refractivity contribution in [3.05, 3.63) is 65.2 Å². The van der Waals surface area contributed by atoms with Gasteiger partial charge in [0, 0.05) is 11.1 Å². The third-order valence-corrected chi connectivity index (χ3v) is 2.81. The lowest BCUT2D eigenvalue weighted by molar-refractivity contribution is 0.105. The second-order valence-corrected chi connectivity index (χ2v) is 4.16. The highest BCUT2D eigenvalue weighted by atomic mass is 16.5. The quantitative estimate of drug-likeness (QED) is 0.685. The lowest BCUT2D eigenvalue weighted by atomic mass is 10.1. The van der Waals surface area contributed by atoms with Crippen molar-refractivity contribution in [2.45, 2.75) is 6.61 Å². The molecule has 0 fully saturated rings. The van der Waals surface area contributed by atoms with Gasteiger partial charge in [-0.15, -0.1) is 0 Å². The number of benzene rings is 2. The van der Waals surface area contributed by atoms with Crippen LogP contribution in [0.4, 0.5) is 0 Å². The molecule has 20 heavy (non-hydrogen) atoms. The van der Waals surface area contributed by atoms with Gasteiger partial charge in [-0.3, -0.25) is 4.79 Å². The first kappa shape index (κ1) is 13.9. The standard InChI is InChI=1S/C17H14O3/c1-20-16-9-4-13(5-10-16)6-11-17(19)15-7-2-14(12-18)3-8-15/h2-5,7-10,18H,12H2,1H3. The fraction of sp³-hybridized carbons (Fsp3) is 0.118. The number of methoxy groups -OCH3 is 1. The summed E-state index contributed by atoms with van der Waals surface area (Å²) in [6.45, 7) is -0.0357. The summed E-state index contributed by atoms with van der Waals surface area (Å²) >= 11 is 0. The van der Waals surface area contributed by atoms with Gasteiger partial charge in [-0.1, -0.05) is 30.2 Å². The number of aliphatic hydroxyl groups excluding tert-OH is 1. The van der Waals surface area contributed by atoms with E-state index >= 15 is 0 Å². The fourth-order valence-corrected chi connectivity index (χ4v) is 1.64. The van der Waals surface area contributed by atoms with Gasteiger partial charge in [0.15, 0.2) is 0 Å². The molecule has 1 N–H and O–H groups in total. The van der Waals surface area contributed by atoms with Crippen LogP contribution in [0.25, 0.3) is 0 Å². The van der Waals surface area contributed by atoms with Crippen LogP contribution < -0.4 is 4.74 Å². The summed E-state index contributed by atoms with van der Waals surface area (Å²) < 4.78 is 5.05. The third-order valence-electron chi connectivity index (χ3n) is 2.81. The number of aliphatic hydroxyl groups is 1. The molecule has 0 spiro atoms. The third kappa shape index (κ3) is 3.47. The van der Waals surface area contributed by atoms with Crippen molar-refractivity contribution in [2.75, 3.05) is 7.11 Å². The molecule has 0 bridgehead atoms. The van der Waals surface area contributed by atoms with E-state index in [1.807, 2.05) is 0 Å². The van der Waals surface area contributed by atoms with Crippen molar-refractivity contribution in [1.82, 2.24) is 0 Å². The lowest BCUT2D eigenvalue weighted by Crippen LogP contribution is -1.95. The van der Waals surface area contributed by atoms with Crippen LogP contribution in [0.1, 0.15) is 21.5 Å². The van der Waals surface area contributed by atoms with E-state index in [4.69, 9.17) is 9.84 Å². The number of ketones is 1. The van der Waals surface area contributed by atoms with Gasteiger partial charge < -0.3 is 9.84 Å². The van der Waals surface area contributed by atoms with E-state index in [0.717, 1.165) is 16.9 Å². The molecule has 100 valence electrons. The zero-order chi connectivity index (χ0) is 14.4. The summed E-state index contributed by atoms with van der Waals surface area (Å²) in [7, 11) is 1.60. The van der Waals surface area contributed by atoms with Crippen molar-refractivity contribution >= 4 is 5.78 Å². The van der Waals surface area contributed by atoms with Gasteiger partial charge in [-0.2, -0.15) is 0 Å². The van der Waals surface area contributed by atoms with E-state index in [-0.39, 0.29) is 12.4 Å². The Morgan fingerprint density at radius 3 is 2.30 bits per heavy atom. The second kappa shape index (κ2) is 6.55. The largest absolute Gasteiger partial charge is 0.497 e. The van der Waals surface area contributed by atoms with E-state index in [1.165, 1.54) is 0 Å². The van der Waals surface area contributed by atoms with Crippen LogP contribution >= 0.6 is 0 Å². The predicted molar refractivity (Wildman–Crippen MR) is 76.6 cm³/mol. The summed E-state index contributed by atoms with van der Waals surface area (Å²) in [4.78, 5) is 11.9. The Morgan fingerprint density at radius 1 is 1.10 bits per heavy atom. The van der Waals surface area contributed by atoms with Gasteiger partial charge in [0.05, 0.1) is 13.7 Å². The molecule has 2 rings (SSSR count). The van der Waals surface area contributed by atoms with Gasteiger partial charge in [0.1, 0.15) is 5.75 Å². The predicted octanol–water partition coefficient (Wildman–Crippen LogP) is 2.42. The van der Waals surface area contributed by atoms with E-state index in [0.29, 0.717) is 5.56 Å². The molecule has 0 heterocycles. The van der Waals surface area contributed by atoms with Crippen molar-refractivity contribution in [1.29, 1.82) is 0 Å². The van der Waals surface area contributed by atoms with Crippen LogP contribution in [-0.2, 0) is 6.61 Å². The zero-order valence-corrected chi connectivity index (χ0v) is 11.1. The molecule has 0 aliphatic rings. The van der Waals surface area contributed by atoms with Gasteiger partial charge in [0.2, 0.25) is 5.78 Å². The lowest BCUT2D eigenvalue weighted by Gasteiger charge is -1.98. The number of carbonyl (C=O) groups excluding carboxylic acids is 1. The van der Waals surface area contributed by atoms with Crippen LogP contribution in [0.2, 0.25) is 0 Å². The number of hydrogen-bond acceptors (Lipinski definition) is 3. The van der Waals surface area contributed by atoms with Crippen LogP contribution in [0.3, 0.4) is 0 Å².